The second-order valence-corrected chi connectivity index (χ2v) is 4.30. The number of alkyl halides is 2. The number of ketones is 1. The van der Waals surface area contributed by atoms with Gasteiger partial charge in [0.15, 0.2) is 5.78 Å². The van der Waals surface area contributed by atoms with E-state index in [1.165, 1.54) is 6.92 Å². The predicted molar refractivity (Wildman–Crippen MR) is 63.3 cm³/mol. The Bertz CT molecular complexity index is 523. The van der Waals surface area contributed by atoms with Gasteiger partial charge >= 0.3 is 0 Å². The summed E-state index contributed by atoms with van der Waals surface area (Å²) in [5.74, 6) is -2.19. The fraction of sp³-hybridized carbons (Fsp3) is 0.500. The first kappa shape index (κ1) is 15.1. The van der Waals surface area contributed by atoms with Crippen LogP contribution in [-0.2, 0) is 0 Å². The highest BCUT2D eigenvalue weighted by Gasteiger charge is 2.20. The molecule has 106 valence electrons. The first-order chi connectivity index (χ1) is 8.92. The van der Waals surface area contributed by atoms with Gasteiger partial charge in [0.25, 0.3) is 5.56 Å². The predicted octanol–water partition coefficient (Wildman–Crippen LogP) is 1.62. The molecule has 1 aromatic rings. The third kappa shape index (κ3) is 3.30. The van der Waals surface area contributed by atoms with Gasteiger partial charge in [-0.15, -0.1) is 0 Å². The fourth-order valence-electron chi connectivity index (χ4n) is 1.62. The van der Waals surface area contributed by atoms with Crippen molar-refractivity contribution in [3.05, 3.63) is 27.7 Å². The summed E-state index contributed by atoms with van der Waals surface area (Å²) in [5, 5.41) is 18.9. The van der Waals surface area contributed by atoms with Crippen molar-refractivity contribution in [3.8, 4) is 5.75 Å². The Kier molecular flexibility index (Phi) is 5.02. The van der Waals surface area contributed by atoms with Crippen LogP contribution < -0.4 is 5.56 Å². The number of aromatic hydroxyl groups is 1. The van der Waals surface area contributed by atoms with E-state index in [0.29, 0.717) is 0 Å². The van der Waals surface area contributed by atoms with E-state index in [4.69, 9.17) is 0 Å². The van der Waals surface area contributed by atoms with Crippen molar-refractivity contribution in [2.45, 2.75) is 19.8 Å². The maximum absolute atomic E-state index is 12.3. The van der Waals surface area contributed by atoms with Crippen molar-refractivity contribution in [1.29, 1.82) is 0 Å². The third-order valence-corrected chi connectivity index (χ3v) is 2.84. The second kappa shape index (κ2) is 6.31. The zero-order valence-electron chi connectivity index (χ0n) is 10.4. The van der Waals surface area contributed by atoms with E-state index in [2.05, 4.69) is 0 Å². The van der Waals surface area contributed by atoms with Crippen LogP contribution in [-0.4, -0.2) is 34.2 Å². The Morgan fingerprint density at radius 3 is 2.53 bits per heavy atom. The van der Waals surface area contributed by atoms with Crippen LogP contribution in [0.15, 0.2) is 10.9 Å². The maximum atomic E-state index is 12.3. The van der Waals surface area contributed by atoms with Crippen LogP contribution in [0.1, 0.15) is 28.9 Å². The number of carbonyl (C=O) groups is 1. The molecule has 1 rings (SSSR count). The van der Waals surface area contributed by atoms with Gasteiger partial charge in [0, 0.05) is 18.4 Å². The van der Waals surface area contributed by atoms with Gasteiger partial charge in [-0.05, 0) is 13.3 Å². The maximum Gasteiger partial charge on any atom is 0.297 e. The van der Waals surface area contributed by atoms with E-state index in [1.807, 2.05) is 0 Å². The van der Waals surface area contributed by atoms with Crippen molar-refractivity contribution >= 4 is 5.78 Å². The van der Waals surface area contributed by atoms with E-state index >= 15 is 0 Å². The van der Waals surface area contributed by atoms with Crippen molar-refractivity contribution in [2.75, 3.05) is 13.3 Å². The number of halogens is 2. The summed E-state index contributed by atoms with van der Waals surface area (Å²) in [6.07, 6.45) is -0.339. The summed E-state index contributed by atoms with van der Waals surface area (Å²) >= 11 is 0. The third-order valence-electron chi connectivity index (χ3n) is 2.84. The van der Waals surface area contributed by atoms with Crippen LogP contribution in [0.4, 0.5) is 8.78 Å². The highest BCUT2D eigenvalue weighted by atomic mass is 19.1. The zero-order valence-corrected chi connectivity index (χ0v) is 10.4. The summed E-state index contributed by atoms with van der Waals surface area (Å²) < 4.78 is 24.8. The number of rotatable bonds is 6. The van der Waals surface area contributed by atoms with E-state index in [-0.39, 0.29) is 23.3 Å². The average molecular weight is 275 g/mol. The molecule has 2 N–H and O–H groups in total. The van der Waals surface area contributed by atoms with Gasteiger partial charge in [0.2, 0.25) is 0 Å². The molecule has 7 heteroatoms. The summed E-state index contributed by atoms with van der Waals surface area (Å²) in [4.78, 5) is 23.4. The number of pyridine rings is 1. The molecule has 1 heterocycles. The molecule has 5 nitrogen and oxygen atoms in total. The van der Waals surface area contributed by atoms with E-state index in [1.54, 1.807) is 0 Å². The average Bonchev–Trinajstić information content (AvgIpc) is 2.37. The Balaban J connectivity index is 2.95. The number of carbonyl (C=O) groups excluding carboxylic acids is 1. The first-order valence-electron chi connectivity index (χ1n) is 5.72. The van der Waals surface area contributed by atoms with Crippen LogP contribution in [0, 0.1) is 12.8 Å². The molecule has 0 aliphatic rings. The van der Waals surface area contributed by atoms with Crippen molar-refractivity contribution in [2.24, 2.45) is 5.92 Å². The van der Waals surface area contributed by atoms with Gasteiger partial charge in [-0.3, -0.25) is 18.4 Å². The smallest absolute Gasteiger partial charge is 0.297 e. The quantitative estimate of drug-likeness (QED) is 0.610. The molecule has 0 spiro atoms. The minimum Gasteiger partial charge on any atom is -0.507 e. The molecule has 0 atom stereocenters. The van der Waals surface area contributed by atoms with Crippen LogP contribution in [0.25, 0.3) is 0 Å². The van der Waals surface area contributed by atoms with Crippen LogP contribution in [0.2, 0.25) is 0 Å². The molecule has 0 fully saturated rings. The molecule has 0 aliphatic carbocycles. The summed E-state index contributed by atoms with van der Waals surface area (Å²) in [7, 11) is 0. The highest BCUT2D eigenvalue weighted by Crippen LogP contribution is 2.18. The first-order valence-corrected chi connectivity index (χ1v) is 5.72. The van der Waals surface area contributed by atoms with Gasteiger partial charge in [-0.25, -0.2) is 0 Å². The molecule has 0 radical (unpaired) electrons. The van der Waals surface area contributed by atoms with E-state index < -0.39 is 41.9 Å². The molecule has 0 saturated carbocycles. The molecular weight excluding hydrogens is 260 g/mol. The second-order valence-electron chi connectivity index (χ2n) is 4.30. The Labute approximate surface area is 108 Å². The largest absolute Gasteiger partial charge is 0.507 e. The van der Waals surface area contributed by atoms with Crippen molar-refractivity contribution < 1.29 is 23.9 Å². The van der Waals surface area contributed by atoms with E-state index in [0.717, 1.165) is 6.07 Å². The summed E-state index contributed by atoms with van der Waals surface area (Å²) in [5.41, 5.74) is -1.53. The Morgan fingerprint density at radius 1 is 1.42 bits per heavy atom. The van der Waals surface area contributed by atoms with Gasteiger partial charge in [0.05, 0.1) is 19.0 Å². The number of aryl methyl sites for hydroxylation is 1. The lowest BCUT2D eigenvalue weighted by Crippen LogP contribution is -2.26. The van der Waals surface area contributed by atoms with Gasteiger partial charge < -0.3 is 10.3 Å². The molecule has 0 amide bonds. The standard InChI is InChI=1S/C12H15F2NO4/c1-7-4-10(17)11(12(18)15(7)19)9(16)3-2-8(5-13)6-14/h4,8,17,19H,2-3,5-6H2,1H3. The van der Waals surface area contributed by atoms with Crippen LogP contribution >= 0.6 is 0 Å². The summed E-state index contributed by atoms with van der Waals surface area (Å²) in [6, 6.07) is 1.07. The van der Waals surface area contributed by atoms with Crippen molar-refractivity contribution in [3.63, 3.8) is 0 Å². The van der Waals surface area contributed by atoms with Gasteiger partial charge in [0.1, 0.15) is 11.3 Å². The molecule has 0 unspecified atom stereocenters. The van der Waals surface area contributed by atoms with Gasteiger partial charge in [-0.2, -0.15) is 4.73 Å². The lowest BCUT2D eigenvalue weighted by molar-refractivity contribution is 0.0955. The molecule has 19 heavy (non-hydrogen) atoms. The molecule has 0 saturated heterocycles. The molecule has 0 bridgehead atoms. The molecule has 0 aliphatic heterocycles. The normalized spacial score (nSPS) is 10.9. The number of Topliss-reactive ketones (excluding diaryl/α,β-unsaturated/α-hetero) is 1. The molecule has 1 aromatic heterocycles. The fourth-order valence-corrected chi connectivity index (χ4v) is 1.62. The Hall–Kier alpha value is -1.92. The Morgan fingerprint density at radius 2 is 2.00 bits per heavy atom. The van der Waals surface area contributed by atoms with E-state index in [9.17, 15) is 28.7 Å². The number of nitrogens with zero attached hydrogens (tertiary/aromatic N) is 1. The molecule has 0 aromatic carbocycles. The number of hydrogen-bond donors (Lipinski definition) is 2. The lowest BCUT2D eigenvalue weighted by Gasteiger charge is -2.09. The SMILES string of the molecule is Cc1cc(O)c(C(=O)CCC(CF)CF)c(=O)n1O. The topological polar surface area (TPSA) is 79.5 Å². The monoisotopic (exact) mass is 275 g/mol. The van der Waals surface area contributed by atoms with Crippen molar-refractivity contribution in [1.82, 2.24) is 4.73 Å². The zero-order chi connectivity index (χ0) is 14.6. The number of aromatic nitrogens is 1. The van der Waals surface area contributed by atoms with Gasteiger partial charge in [-0.1, -0.05) is 0 Å². The molecular formula is C12H15F2NO4. The minimum absolute atomic E-state index is 0.0655. The minimum atomic E-state index is -1.04. The lowest BCUT2D eigenvalue weighted by atomic mass is 10.0. The summed E-state index contributed by atoms with van der Waals surface area (Å²) in [6.45, 7) is -0.417. The van der Waals surface area contributed by atoms with Crippen LogP contribution in [0.5, 0.6) is 5.75 Å². The van der Waals surface area contributed by atoms with Crippen LogP contribution in [0.3, 0.4) is 0 Å². The highest BCUT2D eigenvalue weighted by molar-refractivity contribution is 5.98. The number of hydrogen-bond acceptors (Lipinski definition) is 4.